The average Bonchev–Trinajstić information content (AvgIpc) is 3.40. The molecule has 0 aliphatic carbocycles. The number of aliphatic hydroxyl groups excluding tert-OH is 1. The molecule has 0 spiro atoms. The largest absolute Gasteiger partial charge is 0.497 e. The normalized spacial score (nSPS) is 21.9. The third kappa shape index (κ3) is 8.76. The van der Waals surface area contributed by atoms with E-state index in [2.05, 4.69) is 56.4 Å². The van der Waals surface area contributed by atoms with E-state index in [-0.39, 0.29) is 48.5 Å². The Morgan fingerprint density at radius 3 is 2.42 bits per heavy atom. The highest BCUT2D eigenvalue weighted by Gasteiger charge is 2.51. The molecule has 3 aromatic rings. The molecule has 0 bridgehead atoms. The van der Waals surface area contributed by atoms with Crippen LogP contribution in [0.2, 0.25) is 18.6 Å². The maximum absolute atomic E-state index is 13.9. The minimum absolute atomic E-state index is 0.00484. The van der Waals surface area contributed by atoms with E-state index < -0.39 is 8.07 Å². The van der Waals surface area contributed by atoms with E-state index in [1.54, 1.807) is 12.0 Å². The van der Waals surface area contributed by atoms with Crippen LogP contribution in [0.5, 0.6) is 5.75 Å². The number of nitrogens with zero attached hydrogens (tertiary/aromatic N) is 2. The fourth-order valence-corrected chi connectivity index (χ4v) is 12.0. The van der Waals surface area contributed by atoms with Crippen molar-refractivity contribution in [1.29, 1.82) is 0 Å². The molecule has 0 saturated carbocycles. The molecule has 48 heavy (non-hydrogen) atoms. The Morgan fingerprint density at radius 2 is 1.69 bits per heavy atom. The highest BCUT2D eigenvalue weighted by atomic mass is 28.3. The summed E-state index contributed by atoms with van der Waals surface area (Å²) in [7, 11) is -0.458. The molecule has 7 nitrogen and oxygen atoms in total. The van der Waals surface area contributed by atoms with Gasteiger partial charge in [0.25, 0.3) is 0 Å². The number of amides is 2. The van der Waals surface area contributed by atoms with Crippen LogP contribution in [0.25, 0.3) is 0 Å². The third-order valence-electron chi connectivity index (χ3n) is 10.6. The summed E-state index contributed by atoms with van der Waals surface area (Å²) in [6.45, 7) is 8.57. The summed E-state index contributed by atoms with van der Waals surface area (Å²) in [6.07, 6.45) is 6.70. The zero-order valence-electron chi connectivity index (χ0n) is 29.3. The lowest BCUT2D eigenvalue weighted by Gasteiger charge is -2.36. The number of hydrogen-bond donors (Lipinski definition) is 1. The Labute approximate surface area is 288 Å². The maximum Gasteiger partial charge on any atom is 0.226 e. The molecule has 0 radical (unpaired) electrons. The van der Waals surface area contributed by atoms with Crippen molar-refractivity contribution in [2.45, 2.75) is 95.7 Å². The molecular formula is C40H54N2O5Si. The van der Waals surface area contributed by atoms with Gasteiger partial charge in [-0.1, -0.05) is 92.6 Å². The maximum atomic E-state index is 13.9. The summed E-state index contributed by atoms with van der Waals surface area (Å²) in [5.74, 6) is 1.33. The number of methoxy groups -OCH3 is 1. The minimum atomic E-state index is -2.15. The number of aryl methyl sites for hydroxylation is 1. The highest BCUT2D eigenvalue weighted by molar-refractivity contribution is 6.91. The Bertz CT molecular complexity index is 1480. The summed E-state index contributed by atoms with van der Waals surface area (Å²) in [5.41, 5.74) is 3.47. The van der Waals surface area contributed by atoms with Gasteiger partial charge in [0.15, 0.2) is 0 Å². The van der Waals surface area contributed by atoms with E-state index in [0.717, 1.165) is 55.6 Å². The van der Waals surface area contributed by atoms with E-state index in [1.165, 1.54) is 17.2 Å². The number of benzene rings is 3. The topological polar surface area (TPSA) is 79.3 Å². The summed E-state index contributed by atoms with van der Waals surface area (Å²) < 4.78 is 12.4. The standard InChI is InChI=1S/C40H54N2O5Si/c1-30-36(23-18-31-15-12-16-33(27-31)42-24-11-6-5-10-17-38(42)44)47-37(40(30)48(3,4)35-21-19-34(46-2)20-22-35)28-39(45)41(25-26-43)29-32-13-8-7-9-14-32/h7-9,12-16,19-22,27,30,36-37,40,43H,5-6,10-11,17-18,23-26,28-29H2,1-4H3/t30-,36+,37-,40+/m1/s1. The number of hydrogen-bond acceptors (Lipinski definition) is 5. The molecule has 8 heteroatoms. The first kappa shape index (κ1) is 35.8. The van der Waals surface area contributed by atoms with E-state index >= 15 is 0 Å². The second kappa shape index (κ2) is 16.8. The van der Waals surface area contributed by atoms with Crippen LogP contribution in [-0.2, 0) is 27.3 Å². The Kier molecular flexibility index (Phi) is 12.5. The van der Waals surface area contributed by atoms with Gasteiger partial charge < -0.3 is 24.4 Å². The summed E-state index contributed by atoms with van der Waals surface area (Å²) in [6, 6.07) is 26.9. The Hall–Kier alpha value is -3.46. The number of carbonyl (C=O) groups is 2. The van der Waals surface area contributed by atoms with Crippen LogP contribution in [0, 0.1) is 5.92 Å². The van der Waals surface area contributed by atoms with E-state index in [4.69, 9.17) is 9.47 Å². The van der Waals surface area contributed by atoms with Gasteiger partial charge in [0.1, 0.15) is 5.75 Å². The zero-order valence-corrected chi connectivity index (χ0v) is 30.3. The quantitative estimate of drug-likeness (QED) is 0.204. The fraction of sp³-hybridized carbons (Fsp3) is 0.500. The summed E-state index contributed by atoms with van der Waals surface area (Å²) in [4.78, 5) is 30.6. The third-order valence-corrected chi connectivity index (χ3v) is 15.0. The van der Waals surface area contributed by atoms with Gasteiger partial charge in [0.2, 0.25) is 11.8 Å². The predicted molar refractivity (Wildman–Crippen MR) is 195 cm³/mol. The van der Waals surface area contributed by atoms with Gasteiger partial charge >= 0.3 is 0 Å². The second-order valence-corrected chi connectivity index (χ2v) is 18.9. The molecule has 2 fully saturated rings. The van der Waals surface area contributed by atoms with Gasteiger partial charge in [0, 0.05) is 31.7 Å². The fourth-order valence-electron chi connectivity index (χ4n) is 7.98. The molecule has 1 N–H and O–H groups in total. The van der Waals surface area contributed by atoms with Crippen LogP contribution >= 0.6 is 0 Å². The van der Waals surface area contributed by atoms with Crippen LogP contribution in [-0.4, -0.2) is 68.9 Å². The van der Waals surface area contributed by atoms with Gasteiger partial charge in [-0.15, -0.1) is 0 Å². The van der Waals surface area contributed by atoms with Gasteiger partial charge in [-0.3, -0.25) is 9.59 Å². The SMILES string of the molecule is COc1ccc([Si](C)(C)[C@H]2[C@H](C)[C@H](CCc3cccc(N4CCCCCCC4=O)c3)O[C@@H]2CC(=O)N(CCO)Cc2ccccc2)cc1. The molecular weight excluding hydrogens is 617 g/mol. The lowest BCUT2D eigenvalue weighted by molar-refractivity contribution is -0.135. The van der Waals surface area contributed by atoms with Gasteiger partial charge in [-0.2, -0.15) is 0 Å². The molecule has 0 unspecified atom stereocenters. The van der Waals surface area contributed by atoms with E-state index in [9.17, 15) is 14.7 Å². The molecule has 2 aliphatic heterocycles. The lowest BCUT2D eigenvalue weighted by Crippen LogP contribution is -2.51. The molecule has 2 amide bonds. The van der Waals surface area contributed by atoms with Crippen molar-refractivity contribution < 1.29 is 24.2 Å². The first-order chi connectivity index (χ1) is 23.2. The smallest absolute Gasteiger partial charge is 0.226 e. The van der Waals surface area contributed by atoms with Crippen LogP contribution in [0.15, 0.2) is 78.9 Å². The number of rotatable bonds is 13. The first-order valence-electron chi connectivity index (χ1n) is 17.8. The number of anilines is 1. The Balaban J connectivity index is 1.35. The monoisotopic (exact) mass is 670 g/mol. The molecule has 4 atom stereocenters. The lowest BCUT2D eigenvalue weighted by atomic mass is 9.94. The molecule has 2 aliphatic rings. The molecule has 0 aromatic heterocycles. The van der Waals surface area contributed by atoms with Gasteiger partial charge in [-0.05, 0) is 72.5 Å². The number of ether oxygens (including phenoxy) is 2. The van der Waals surface area contributed by atoms with Gasteiger partial charge in [-0.25, -0.2) is 0 Å². The Morgan fingerprint density at radius 1 is 0.958 bits per heavy atom. The molecule has 5 rings (SSSR count). The minimum Gasteiger partial charge on any atom is -0.497 e. The van der Waals surface area contributed by atoms with Crippen molar-refractivity contribution in [3.63, 3.8) is 0 Å². The predicted octanol–water partition coefficient (Wildman–Crippen LogP) is 6.73. The van der Waals surface area contributed by atoms with Crippen molar-refractivity contribution in [3.05, 3.63) is 90.0 Å². The molecule has 2 saturated heterocycles. The van der Waals surface area contributed by atoms with Crippen LogP contribution in [0.3, 0.4) is 0 Å². The van der Waals surface area contributed by atoms with Crippen molar-refractivity contribution in [1.82, 2.24) is 4.90 Å². The molecule has 258 valence electrons. The number of carbonyl (C=O) groups excluding carboxylic acids is 2. The van der Waals surface area contributed by atoms with Crippen molar-refractivity contribution >= 4 is 30.8 Å². The van der Waals surface area contributed by atoms with Crippen molar-refractivity contribution in [2.75, 3.05) is 31.7 Å². The first-order valence-corrected chi connectivity index (χ1v) is 20.9. The number of aliphatic hydroxyl groups is 1. The highest BCUT2D eigenvalue weighted by Crippen LogP contribution is 2.46. The summed E-state index contributed by atoms with van der Waals surface area (Å²) in [5, 5.41) is 11.2. The van der Waals surface area contributed by atoms with Crippen molar-refractivity contribution in [3.8, 4) is 5.75 Å². The van der Waals surface area contributed by atoms with E-state index in [1.807, 2.05) is 47.4 Å². The second-order valence-electron chi connectivity index (χ2n) is 14.2. The van der Waals surface area contributed by atoms with E-state index in [0.29, 0.717) is 19.5 Å². The average molecular weight is 671 g/mol. The van der Waals surface area contributed by atoms with Gasteiger partial charge in [0.05, 0.1) is 40.4 Å². The van der Waals surface area contributed by atoms with Crippen LogP contribution in [0.4, 0.5) is 5.69 Å². The molecule has 2 heterocycles. The summed E-state index contributed by atoms with van der Waals surface area (Å²) >= 11 is 0. The van der Waals surface area contributed by atoms with Crippen LogP contribution < -0.4 is 14.8 Å². The van der Waals surface area contributed by atoms with Crippen molar-refractivity contribution in [2.24, 2.45) is 5.92 Å². The van der Waals surface area contributed by atoms with Crippen LogP contribution in [0.1, 0.15) is 63.0 Å². The molecule has 3 aromatic carbocycles. The zero-order chi connectivity index (χ0) is 34.1.